The molecule has 0 spiro atoms. The molecule has 2 aliphatic carbocycles. The molecule has 0 aromatic heterocycles. The lowest BCUT2D eigenvalue weighted by molar-refractivity contribution is 0.262. The van der Waals surface area contributed by atoms with Gasteiger partial charge in [0.1, 0.15) is 5.75 Å². The third-order valence-electron chi connectivity index (χ3n) is 10.3. The van der Waals surface area contributed by atoms with Crippen molar-refractivity contribution in [2.24, 2.45) is 0 Å². The summed E-state index contributed by atoms with van der Waals surface area (Å²) in [4.78, 5) is 13.7. The van der Waals surface area contributed by atoms with E-state index in [0.29, 0.717) is 59.6 Å². The zero-order valence-electron chi connectivity index (χ0n) is 24.8. The lowest BCUT2D eigenvalue weighted by atomic mass is 9.77. The molecule has 3 aliphatic rings. The standard InChI is InChI=1S/C35H34N2O7/c1-13-8-17-25-28-23(15(11-38)9-20(41)26(28)33-32(17)36-18-6-4-5-7-19(18)37-33)24-16(12-39)10-21(42)27-29(24)30(25)31(22(13)14(2)40)35(44-3)34(27)43/h8-10,18-19,33,36-41,43H,4-7,11-12H2,1-3H3/t18-,19+,33?/m1/s1. The number of hydrogen-bond acceptors (Lipinski definition) is 9. The predicted molar refractivity (Wildman–Crippen MR) is 170 cm³/mol. The minimum Gasteiger partial charge on any atom is -0.512 e. The van der Waals surface area contributed by atoms with Crippen LogP contribution in [0.3, 0.4) is 0 Å². The number of aromatic hydroxyl groups is 2. The van der Waals surface area contributed by atoms with Crippen LogP contribution in [0.2, 0.25) is 0 Å². The van der Waals surface area contributed by atoms with E-state index < -0.39 is 24.7 Å². The molecule has 1 heterocycles. The van der Waals surface area contributed by atoms with Gasteiger partial charge in [-0.3, -0.25) is 4.79 Å². The Labute approximate surface area is 251 Å². The Hall–Kier alpha value is -4.31. The molecule has 8 rings (SSSR count). The van der Waals surface area contributed by atoms with Crippen LogP contribution in [-0.4, -0.2) is 44.7 Å². The van der Waals surface area contributed by atoms with Crippen molar-refractivity contribution in [2.45, 2.75) is 70.9 Å². The fourth-order valence-electron chi connectivity index (χ4n) is 8.64. The van der Waals surface area contributed by atoms with Crippen molar-refractivity contribution in [3.63, 3.8) is 0 Å². The highest BCUT2D eigenvalue weighted by atomic mass is 16.5. The van der Waals surface area contributed by atoms with Crippen molar-refractivity contribution in [3.05, 3.63) is 61.1 Å². The highest BCUT2D eigenvalue weighted by Crippen LogP contribution is 2.52. The first kappa shape index (κ1) is 27.3. The number of methoxy groups -OCH3 is 1. The number of benzene rings is 4. The molecule has 7 N–H and O–H groups in total. The van der Waals surface area contributed by atoms with Crippen molar-refractivity contribution in [2.75, 3.05) is 7.11 Å². The molecule has 226 valence electrons. The van der Waals surface area contributed by atoms with E-state index in [1.54, 1.807) is 13.0 Å². The largest absolute Gasteiger partial charge is 0.512 e. The second-order valence-corrected chi connectivity index (χ2v) is 12.6. The second kappa shape index (κ2) is 9.34. The van der Waals surface area contributed by atoms with Gasteiger partial charge in [-0.1, -0.05) is 12.8 Å². The summed E-state index contributed by atoms with van der Waals surface area (Å²) >= 11 is 0. The second-order valence-electron chi connectivity index (χ2n) is 12.6. The van der Waals surface area contributed by atoms with Crippen LogP contribution in [-0.2, 0) is 13.2 Å². The van der Waals surface area contributed by atoms with Crippen LogP contribution in [0.15, 0.2) is 23.0 Å². The maximum Gasteiger partial charge on any atom is 0.190 e. The molecule has 5 aromatic carbocycles. The summed E-state index contributed by atoms with van der Waals surface area (Å²) in [5.74, 6) is -0.262. The average molecular weight is 595 g/mol. The molecule has 1 unspecified atom stereocenters. The van der Waals surface area contributed by atoms with Crippen LogP contribution in [0.4, 0.5) is 0 Å². The molecule has 1 saturated heterocycles. The van der Waals surface area contributed by atoms with Gasteiger partial charge in [0, 0.05) is 60.7 Å². The summed E-state index contributed by atoms with van der Waals surface area (Å²) in [6.45, 7) is 2.61. The number of aliphatic hydroxyl groups is 3. The summed E-state index contributed by atoms with van der Waals surface area (Å²) in [6.07, 6.45) is 4.22. The number of piperazine rings is 1. The number of aliphatic hydroxyl groups excluding tert-OH is 3. The Morgan fingerprint density at radius 2 is 1.55 bits per heavy atom. The van der Waals surface area contributed by atoms with Crippen LogP contribution in [0.1, 0.15) is 60.9 Å². The number of rotatable bonds is 3. The number of aryl methyl sites for hydroxylation is 1. The van der Waals surface area contributed by atoms with Gasteiger partial charge in [-0.25, -0.2) is 0 Å². The minimum absolute atomic E-state index is 0.00991. The third-order valence-corrected chi connectivity index (χ3v) is 10.3. The van der Waals surface area contributed by atoms with Gasteiger partial charge in [0.25, 0.3) is 0 Å². The summed E-state index contributed by atoms with van der Waals surface area (Å²) < 4.78 is 5.82. The van der Waals surface area contributed by atoms with Crippen LogP contribution in [0, 0.1) is 6.92 Å². The molecule has 2 fully saturated rings. The van der Waals surface area contributed by atoms with E-state index in [1.807, 2.05) is 13.0 Å². The van der Waals surface area contributed by atoms with E-state index >= 15 is 0 Å². The predicted octanol–water partition coefficient (Wildman–Crippen LogP) is 3.16. The van der Waals surface area contributed by atoms with Crippen molar-refractivity contribution in [1.29, 1.82) is 0 Å². The van der Waals surface area contributed by atoms with Gasteiger partial charge in [0.05, 0.1) is 37.5 Å². The topological polar surface area (TPSA) is 152 Å². The lowest BCUT2D eigenvalue weighted by Crippen LogP contribution is -2.58. The number of fused-ring (bicyclic) bond motifs is 4. The molecular formula is C35H34N2O7. The Morgan fingerprint density at radius 1 is 0.886 bits per heavy atom. The van der Waals surface area contributed by atoms with Crippen LogP contribution < -0.4 is 31.2 Å². The first-order valence-corrected chi connectivity index (χ1v) is 15.2. The molecule has 9 nitrogen and oxygen atoms in total. The summed E-state index contributed by atoms with van der Waals surface area (Å²) in [7, 11) is 1.42. The van der Waals surface area contributed by atoms with Crippen molar-refractivity contribution >= 4 is 54.5 Å². The normalized spacial score (nSPS) is 21.7. The molecule has 44 heavy (non-hydrogen) atoms. The molecule has 0 radical (unpaired) electrons. The van der Waals surface area contributed by atoms with Gasteiger partial charge in [-0.15, -0.1) is 0 Å². The van der Waals surface area contributed by atoms with Gasteiger partial charge < -0.3 is 40.9 Å². The maximum absolute atomic E-state index is 13.7. The first-order valence-electron chi connectivity index (χ1n) is 15.2. The van der Waals surface area contributed by atoms with Gasteiger partial charge in [0.2, 0.25) is 0 Å². The molecule has 1 saturated carbocycles. The highest BCUT2D eigenvalue weighted by molar-refractivity contribution is 6.37. The number of hydrogen-bond donors (Lipinski definition) is 7. The fraction of sp³-hybridized carbons (Fsp3) is 0.343. The number of ether oxygens (including phenoxy) is 1. The fourth-order valence-corrected chi connectivity index (χ4v) is 8.64. The Bertz CT molecular complexity index is 2290. The molecular weight excluding hydrogens is 560 g/mol. The molecule has 1 aliphatic heterocycles. The van der Waals surface area contributed by atoms with Gasteiger partial charge >= 0.3 is 0 Å². The van der Waals surface area contributed by atoms with Gasteiger partial charge in [-0.05, 0) is 72.4 Å². The molecule has 9 heteroatoms. The Morgan fingerprint density at radius 3 is 2.23 bits per heavy atom. The monoisotopic (exact) mass is 594 g/mol. The van der Waals surface area contributed by atoms with Gasteiger partial charge in [0.15, 0.2) is 16.9 Å². The van der Waals surface area contributed by atoms with Crippen molar-refractivity contribution in [1.82, 2.24) is 10.6 Å². The number of phenols is 2. The zero-order chi connectivity index (χ0) is 30.8. The van der Waals surface area contributed by atoms with Crippen LogP contribution in [0.5, 0.6) is 17.2 Å². The van der Waals surface area contributed by atoms with E-state index in [9.17, 15) is 30.3 Å². The quantitative estimate of drug-likeness (QED) is 0.123. The van der Waals surface area contributed by atoms with E-state index in [0.717, 1.165) is 42.2 Å². The number of phenolic OH excluding ortho intramolecular Hbond substituents is 2. The summed E-state index contributed by atoms with van der Waals surface area (Å²) in [6, 6.07) is 4.90. The molecule has 5 aromatic rings. The van der Waals surface area contributed by atoms with E-state index in [2.05, 4.69) is 10.6 Å². The highest BCUT2D eigenvalue weighted by Gasteiger charge is 2.40. The first-order chi connectivity index (χ1) is 21.2. The van der Waals surface area contributed by atoms with Crippen molar-refractivity contribution < 1.29 is 30.3 Å². The third kappa shape index (κ3) is 3.26. The smallest absolute Gasteiger partial charge is 0.190 e. The summed E-state index contributed by atoms with van der Waals surface area (Å²) in [5.41, 5.74) is 2.56. The Balaban J connectivity index is 1.83. The SMILES string of the molecule is COc1c(O)c2c(=O)cc(CO)c3c4c(CO)cc(O)c5c4c4c(cc(C)c(=C(C)O)c1c4c23)=C1N[C@@H]2CCCC[C@@H]2NC15. The lowest BCUT2D eigenvalue weighted by Gasteiger charge is -2.45. The summed E-state index contributed by atoms with van der Waals surface area (Å²) in [5, 5.41) is 68.9. The van der Waals surface area contributed by atoms with Crippen LogP contribution >= 0.6 is 0 Å². The van der Waals surface area contributed by atoms with E-state index in [-0.39, 0.29) is 40.5 Å². The van der Waals surface area contributed by atoms with Crippen LogP contribution in [0.25, 0.3) is 54.5 Å². The van der Waals surface area contributed by atoms with E-state index in [1.165, 1.54) is 13.2 Å². The maximum atomic E-state index is 13.7. The zero-order valence-corrected chi connectivity index (χ0v) is 24.8. The molecule has 3 atom stereocenters. The Kier molecular flexibility index (Phi) is 5.79. The van der Waals surface area contributed by atoms with Gasteiger partial charge in [-0.2, -0.15) is 0 Å². The number of nitrogens with one attached hydrogen (secondary N) is 2. The van der Waals surface area contributed by atoms with E-state index in [4.69, 9.17) is 4.74 Å². The minimum atomic E-state index is -0.481. The average Bonchev–Trinajstić information content (AvgIpc) is 3.14. The molecule has 0 amide bonds. The molecule has 0 bridgehead atoms. The van der Waals surface area contributed by atoms with Crippen molar-refractivity contribution in [3.8, 4) is 17.2 Å².